The molecule has 6 aromatic carbocycles. The molecule has 67 heavy (non-hydrogen) atoms. The number of rotatable bonds is 17. The Morgan fingerprint density at radius 1 is 0.701 bits per heavy atom. The molecule has 0 atom stereocenters. The average molecular weight is 893 g/mol. The van der Waals surface area contributed by atoms with Crippen molar-refractivity contribution in [3.8, 4) is 22.6 Å². The minimum Gasteiger partial charge on any atom is -0.497 e. The zero-order valence-electron chi connectivity index (χ0n) is 40.6. The van der Waals surface area contributed by atoms with E-state index in [-0.39, 0.29) is 17.4 Å². The van der Waals surface area contributed by atoms with Crippen molar-refractivity contribution in [2.45, 2.75) is 70.8 Å². The van der Waals surface area contributed by atoms with Crippen LogP contribution in [-0.4, -0.2) is 69.0 Å². The van der Waals surface area contributed by atoms with Gasteiger partial charge in [0.15, 0.2) is 12.3 Å². The number of nitrogens with zero attached hydrogens (tertiary/aromatic N) is 3. The van der Waals surface area contributed by atoms with Gasteiger partial charge < -0.3 is 29.1 Å². The molecule has 2 aliphatic heterocycles. The average Bonchev–Trinajstić information content (AvgIpc) is 3.89. The number of ether oxygens (including phenoxy) is 3. The van der Waals surface area contributed by atoms with E-state index in [1.165, 1.54) is 61.9 Å². The topological polar surface area (TPSA) is 57.4 Å². The maximum atomic E-state index is 10.5. The highest BCUT2D eigenvalue weighted by Gasteiger charge is 2.47. The van der Waals surface area contributed by atoms with Crippen molar-refractivity contribution in [2.75, 3.05) is 63.4 Å². The lowest BCUT2D eigenvalue weighted by Crippen LogP contribution is -2.34. The Hall–Kier alpha value is -6.41. The van der Waals surface area contributed by atoms with Gasteiger partial charge in [0, 0.05) is 66.2 Å². The summed E-state index contributed by atoms with van der Waals surface area (Å²) in [5.41, 5.74) is 16.0. The van der Waals surface area contributed by atoms with Crippen molar-refractivity contribution < 1.29 is 23.9 Å². The number of benzene rings is 6. The Balaban J connectivity index is 1.05. The van der Waals surface area contributed by atoms with E-state index in [4.69, 9.17) is 14.2 Å². The zero-order chi connectivity index (χ0) is 46.9. The molecule has 0 spiro atoms. The fourth-order valence-corrected chi connectivity index (χ4v) is 11.1. The first-order chi connectivity index (χ1) is 32.5. The van der Waals surface area contributed by atoms with E-state index >= 15 is 0 Å². The summed E-state index contributed by atoms with van der Waals surface area (Å²) in [5.74, 6) is 1.59. The van der Waals surface area contributed by atoms with E-state index in [2.05, 4.69) is 183 Å². The first-order valence-electron chi connectivity index (χ1n) is 24.1. The molecular weight excluding hydrogens is 827 g/mol. The number of anilines is 2. The Labute approximate surface area is 398 Å². The third-order valence-corrected chi connectivity index (χ3v) is 14.7. The van der Waals surface area contributed by atoms with Gasteiger partial charge in [0.25, 0.3) is 0 Å². The molecule has 3 aliphatic rings. The lowest BCUT2D eigenvalue weighted by atomic mass is 9.78. The summed E-state index contributed by atoms with van der Waals surface area (Å²) >= 11 is 0. The van der Waals surface area contributed by atoms with E-state index in [9.17, 15) is 5.11 Å². The molecule has 0 amide bonds. The summed E-state index contributed by atoms with van der Waals surface area (Å²) in [7, 11) is 3.39. The molecule has 344 valence electrons. The number of β-amino-alcohol motifs (C(OH)–C–C–N with tert-alkyl or cyclic N) is 1. The molecule has 0 fully saturated rings. The maximum Gasteiger partial charge on any atom is 0.210 e. The molecule has 6 aromatic rings. The predicted octanol–water partition coefficient (Wildman–Crippen LogP) is 12.1. The zero-order valence-corrected chi connectivity index (χ0v) is 40.6. The maximum absolute atomic E-state index is 10.5. The fraction of sp³-hybridized carbons (Fsp3) is 0.317. The standard InChI is InChI=1S/C60H66N3O4/c1-9-61(10-2)46-28-33-55-42(38-46)39-47(20-16-23-57-59(5,6)54-40-51-50-21-14-15-22-52(50)58(3,4)53(51)41-56(54)63(57)35-36-64)62(55)34-17-37-67-60(43-18-12-11-13-19-43,44-24-29-48(65-7)30-25-44)45-26-31-49(66-8)32-27-45/h11-16,18-33,38,40-41,64H,9-10,17,34-37,39H2,1-8H3/q+1. The number of hydrogen-bond acceptors (Lipinski definition) is 6. The number of aliphatic hydroxyl groups is 1. The van der Waals surface area contributed by atoms with Crippen LogP contribution in [0.2, 0.25) is 0 Å². The highest BCUT2D eigenvalue weighted by atomic mass is 16.5. The smallest absolute Gasteiger partial charge is 0.210 e. The van der Waals surface area contributed by atoms with Crippen LogP contribution in [-0.2, 0) is 27.6 Å². The molecule has 0 aromatic heterocycles. The van der Waals surface area contributed by atoms with Gasteiger partial charge in [-0.2, -0.15) is 4.58 Å². The monoisotopic (exact) mass is 893 g/mol. The van der Waals surface area contributed by atoms with Crippen LogP contribution in [0.3, 0.4) is 0 Å². The Bertz CT molecular complexity index is 2790. The minimum absolute atomic E-state index is 0.0666. The molecule has 0 saturated carbocycles. The lowest BCUT2D eigenvalue weighted by Gasteiger charge is -2.36. The number of aliphatic hydroxyl groups excluding tert-OH is 1. The second-order valence-electron chi connectivity index (χ2n) is 19.0. The molecule has 7 nitrogen and oxygen atoms in total. The van der Waals surface area contributed by atoms with Gasteiger partial charge in [-0.3, -0.25) is 0 Å². The molecule has 0 unspecified atom stereocenters. The molecule has 0 saturated heterocycles. The summed E-state index contributed by atoms with van der Waals surface area (Å²) < 4.78 is 20.9. The second kappa shape index (κ2) is 18.7. The van der Waals surface area contributed by atoms with Crippen LogP contribution in [0.4, 0.5) is 17.1 Å². The SMILES string of the molecule is CCN(CC)c1ccc2c(c1)C/C(=C\C=C\C1=[N+](CCO)c3cc4c(cc3C1(C)C)-c1ccccc1C4(C)C)N2CCCOC(c1ccccc1)(c1ccc(OC)cc1)c1ccc(OC)cc1. The van der Waals surface area contributed by atoms with Gasteiger partial charge in [0.1, 0.15) is 23.7 Å². The Kier molecular flexibility index (Phi) is 12.8. The van der Waals surface area contributed by atoms with Gasteiger partial charge in [-0.1, -0.05) is 98.8 Å². The van der Waals surface area contributed by atoms with E-state index in [1.54, 1.807) is 14.2 Å². The van der Waals surface area contributed by atoms with Crippen LogP contribution in [0.15, 0.2) is 157 Å². The van der Waals surface area contributed by atoms with Gasteiger partial charge in [0.05, 0.1) is 26.2 Å². The number of fused-ring (bicyclic) bond motifs is 5. The van der Waals surface area contributed by atoms with E-state index in [1.807, 2.05) is 24.3 Å². The molecule has 0 bridgehead atoms. The highest BCUT2D eigenvalue weighted by molar-refractivity contribution is 6.04. The summed E-state index contributed by atoms with van der Waals surface area (Å²) in [4.78, 5) is 4.91. The van der Waals surface area contributed by atoms with Gasteiger partial charge in [0.2, 0.25) is 5.69 Å². The predicted molar refractivity (Wildman–Crippen MR) is 275 cm³/mol. The van der Waals surface area contributed by atoms with Crippen molar-refractivity contribution in [1.29, 1.82) is 0 Å². The van der Waals surface area contributed by atoms with Crippen LogP contribution in [0.1, 0.15) is 86.9 Å². The lowest BCUT2D eigenvalue weighted by molar-refractivity contribution is -0.441. The van der Waals surface area contributed by atoms with E-state index < -0.39 is 5.60 Å². The summed E-state index contributed by atoms with van der Waals surface area (Å²) in [5, 5.41) is 10.5. The third kappa shape index (κ3) is 8.06. The van der Waals surface area contributed by atoms with Crippen molar-refractivity contribution in [3.63, 3.8) is 0 Å². The third-order valence-electron chi connectivity index (χ3n) is 14.7. The van der Waals surface area contributed by atoms with E-state index in [0.29, 0.717) is 13.2 Å². The summed E-state index contributed by atoms with van der Waals surface area (Å²) in [6.07, 6.45) is 8.46. The first-order valence-corrected chi connectivity index (χ1v) is 24.1. The second-order valence-corrected chi connectivity index (χ2v) is 19.0. The molecule has 0 radical (unpaired) electrons. The molecule has 1 aliphatic carbocycles. The van der Waals surface area contributed by atoms with E-state index in [0.717, 1.165) is 60.7 Å². The fourth-order valence-electron chi connectivity index (χ4n) is 11.1. The number of methoxy groups -OCH3 is 2. The molecule has 2 heterocycles. The highest BCUT2D eigenvalue weighted by Crippen LogP contribution is 2.53. The van der Waals surface area contributed by atoms with Crippen LogP contribution < -0.4 is 19.3 Å². The van der Waals surface area contributed by atoms with Crippen molar-refractivity contribution in [2.24, 2.45) is 0 Å². The quantitative estimate of drug-likeness (QED) is 0.0559. The number of hydrogen-bond donors (Lipinski definition) is 1. The van der Waals surface area contributed by atoms with Crippen LogP contribution in [0.25, 0.3) is 11.1 Å². The normalized spacial score (nSPS) is 16.1. The summed E-state index contributed by atoms with van der Waals surface area (Å²) in [6, 6.07) is 47.7. The van der Waals surface area contributed by atoms with Crippen LogP contribution >= 0.6 is 0 Å². The van der Waals surface area contributed by atoms with Crippen LogP contribution in [0.5, 0.6) is 11.5 Å². The first kappa shape index (κ1) is 45.7. The van der Waals surface area contributed by atoms with Crippen LogP contribution in [0, 0.1) is 0 Å². The molecular formula is C60H66N3O4+. The van der Waals surface area contributed by atoms with Crippen molar-refractivity contribution >= 4 is 22.8 Å². The number of allylic oxidation sites excluding steroid dienone is 4. The molecule has 1 N–H and O–H groups in total. The Morgan fingerprint density at radius 3 is 1.99 bits per heavy atom. The van der Waals surface area contributed by atoms with Gasteiger partial charge in [-0.25, -0.2) is 0 Å². The molecule has 9 rings (SSSR count). The van der Waals surface area contributed by atoms with Crippen molar-refractivity contribution in [3.05, 3.63) is 196 Å². The molecule has 7 heteroatoms. The van der Waals surface area contributed by atoms with Gasteiger partial charge in [-0.15, -0.1) is 0 Å². The summed E-state index contributed by atoms with van der Waals surface area (Å²) in [6.45, 7) is 17.6. The van der Waals surface area contributed by atoms with Gasteiger partial charge >= 0.3 is 0 Å². The minimum atomic E-state index is -0.884. The Morgan fingerprint density at radius 2 is 1.34 bits per heavy atom. The van der Waals surface area contributed by atoms with Crippen molar-refractivity contribution in [1.82, 2.24) is 0 Å². The largest absolute Gasteiger partial charge is 0.497 e. The van der Waals surface area contributed by atoms with Gasteiger partial charge in [-0.05, 0) is 133 Å².